The summed E-state index contributed by atoms with van der Waals surface area (Å²) in [5.41, 5.74) is 0. The molecule has 0 aromatic heterocycles. The van der Waals surface area contributed by atoms with E-state index in [1.54, 1.807) is 12.2 Å². The second kappa shape index (κ2) is 10.1. The molecule has 0 aromatic carbocycles. The van der Waals surface area contributed by atoms with Crippen molar-refractivity contribution in [3.05, 3.63) is 20.4 Å². The summed E-state index contributed by atoms with van der Waals surface area (Å²) in [6, 6.07) is 0. The zero-order chi connectivity index (χ0) is 11.5. The van der Waals surface area contributed by atoms with Gasteiger partial charge in [0.15, 0.2) is 0 Å². The van der Waals surface area contributed by atoms with Crippen LogP contribution in [0, 0.1) is 0 Å². The summed E-state index contributed by atoms with van der Waals surface area (Å²) < 4.78 is 3.86. The molecule has 0 aromatic rings. The molecule has 0 saturated heterocycles. The quantitative estimate of drug-likeness (QED) is 0.508. The second-order valence-corrected chi connectivity index (χ2v) is 5.50. The van der Waals surface area contributed by atoms with Crippen LogP contribution in [0.15, 0.2) is 20.4 Å². The number of allylic oxidation sites excluding steroid dienone is 2. The number of hydrogen-bond acceptors (Lipinski definition) is 2. The molecule has 0 saturated carbocycles. The van der Waals surface area contributed by atoms with E-state index in [0.717, 1.165) is 12.8 Å². The third-order valence-electron chi connectivity index (χ3n) is 1.66. The first-order valence-electron chi connectivity index (χ1n) is 5.24. The number of rotatable bonds is 8. The normalized spacial score (nSPS) is 11.3. The van der Waals surface area contributed by atoms with E-state index in [1.165, 1.54) is 0 Å². The van der Waals surface area contributed by atoms with Gasteiger partial charge in [0.25, 0.3) is 0 Å². The Labute approximate surface area is 102 Å². The molecule has 0 radical (unpaired) electrons. The topological polar surface area (TPSA) is 34.1 Å². The maximum atomic E-state index is 11.1. The van der Waals surface area contributed by atoms with E-state index in [0.29, 0.717) is 12.8 Å². The second-order valence-electron chi connectivity index (χ2n) is 3.17. The molecule has 0 amide bonds. The Morgan fingerprint density at radius 1 is 0.933 bits per heavy atom. The van der Waals surface area contributed by atoms with Crippen molar-refractivity contribution in [3.63, 3.8) is 0 Å². The summed E-state index contributed by atoms with van der Waals surface area (Å²) in [4.78, 5) is 22.2. The van der Waals surface area contributed by atoms with Gasteiger partial charge < -0.3 is 0 Å². The molecule has 0 N–H and O–H groups in total. The fraction of sp³-hybridized carbons (Fsp3) is 0.500. The van der Waals surface area contributed by atoms with E-state index in [-0.39, 0.29) is 11.6 Å². The molecule has 84 valence electrons. The van der Waals surface area contributed by atoms with Gasteiger partial charge in [-0.25, -0.2) is 0 Å². The molecule has 0 rings (SSSR count). The van der Waals surface area contributed by atoms with Crippen molar-refractivity contribution in [3.8, 4) is 0 Å². The fourth-order valence-electron chi connectivity index (χ4n) is 0.935. The van der Waals surface area contributed by atoms with Crippen LogP contribution in [-0.4, -0.2) is 32.5 Å². The summed E-state index contributed by atoms with van der Waals surface area (Å²) in [5, 5.41) is 0. The van der Waals surface area contributed by atoms with E-state index in [1.807, 2.05) is 22.1 Å². The minimum absolute atomic E-state index is 0.191. The predicted molar refractivity (Wildman–Crippen MR) is 63.9 cm³/mol. The number of ketones is 2. The van der Waals surface area contributed by atoms with Gasteiger partial charge in [-0.3, -0.25) is 0 Å². The molecule has 0 bridgehead atoms. The standard InChI is InChI=1S/C12H18O2Te/c1-3-5-11(13)7-9-15-10-8-12(14)6-4-2/h7-10H,3-6H2,1-2H3/b9-7-,10-8+. The Kier molecular flexibility index (Phi) is 9.87. The molecule has 0 aliphatic carbocycles. The van der Waals surface area contributed by atoms with Crippen LogP contribution in [0.4, 0.5) is 0 Å². The molecule has 3 heteroatoms. The van der Waals surface area contributed by atoms with E-state index >= 15 is 0 Å². The van der Waals surface area contributed by atoms with Crippen LogP contribution in [0.3, 0.4) is 0 Å². The van der Waals surface area contributed by atoms with E-state index in [2.05, 4.69) is 0 Å². The number of carbonyl (C=O) groups is 2. The Morgan fingerprint density at radius 3 is 1.67 bits per heavy atom. The third kappa shape index (κ3) is 9.90. The van der Waals surface area contributed by atoms with Crippen molar-refractivity contribution < 1.29 is 9.59 Å². The SMILES string of the molecule is CCCC(=O)/C=C\[Te]/C=C/C(=O)CCC. The summed E-state index contributed by atoms with van der Waals surface area (Å²) in [7, 11) is 0. The van der Waals surface area contributed by atoms with Gasteiger partial charge in [0.1, 0.15) is 0 Å². The molecule has 0 aliphatic heterocycles. The molecule has 0 atom stereocenters. The summed E-state index contributed by atoms with van der Waals surface area (Å²) in [6.07, 6.45) is 6.35. The first kappa shape index (κ1) is 14.6. The Hall–Kier alpha value is -0.390. The third-order valence-corrected chi connectivity index (χ3v) is 3.33. The van der Waals surface area contributed by atoms with Gasteiger partial charge in [-0.2, -0.15) is 0 Å². The number of hydrogen-bond donors (Lipinski definition) is 0. The van der Waals surface area contributed by atoms with Crippen molar-refractivity contribution in [2.45, 2.75) is 39.5 Å². The summed E-state index contributed by atoms with van der Waals surface area (Å²) in [6.45, 7) is 3.98. The zero-order valence-electron chi connectivity index (χ0n) is 9.36. The van der Waals surface area contributed by atoms with Crippen LogP contribution in [0.5, 0.6) is 0 Å². The van der Waals surface area contributed by atoms with Crippen LogP contribution < -0.4 is 0 Å². The van der Waals surface area contributed by atoms with Gasteiger partial charge in [-0.15, -0.1) is 0 Å². The molecule has 0 aliphatic rings. The minimum atomic E-state index is -0.436. The van der Waals surface area contributed by atoms with Gasteiger partial charge in [-0.1, -0.05) is 0 Å². The monoisotopic (exact) mass is 324 g/mol. The maximum absolute atomic E-state index is 11.1. The van der Waals surface area contributed by atoms with E-state index in [4.69, 9.17) is 0 Å². The Morgan fingerprint density at radius 2 is 1.33 bits per heavy atom. The molecule has 0 heterocycles. The van der Waals surface area contributed by atoms with Crippen LogP contribution in [0.25, 0.3) is 0 Å². The van der Waals surface area contributed by atoms with Crippen LogP contribution in [0.2, 0.25) is 0 Å². The fourth-order valence-corrected chi connectivity index (χ4v) is 2.51. The Bertz CT molecular complexity index is 228. The molecule has 2 nitrogen and oxygen atoms in total. The van der Waals surface area contributed by atoms with Crippen molar-refractivity contribution in [2.24, 2.45) is 0 Å². The van der Waals surface area contributed by atoms with Crippen LogP contribution in [0.1, 0.15) is 39.5 Å². The average molecular weight is 322 g/mol. The molecule has 15 heavy (non-hydrogen) atoms. The first-order chi connectivity index (χ1) is 7.20. The van der Waals surface area contributed by atoms with Crippen molar-refractivity contribution in [2.75, 3.05) is 0 Å². The first-order valence-corrected chi connectivity index (χ1v) is 7.94. The Balaban J connectivity index is 3.68. The molecular formula is C12H18O2Te. The molecule has 0 unspecified atom stereocenters. The van der Waals surface area contributed by atoms with Crippen molar-refractivity contribution in [1.29, 1.82) is 0 Å². The van der Waals surface area contributed by atoms with Crippen LogP contribution >= 0.6 is 0 Å². The van der Waals surface area contributed by atoms with E-state index in [9.17, 15) is 9.59 Å². The van der Waals surface area contributed by atoms with Crippen molar-refractivity contribution in [1.82, 2.24) is 0 Å². The average Bonchev–Trinajstić information content (AvgIpc) is 2.18. The van der Waals surface area contributed by atoms with Gasteiger partial charge in [0.2, 0.25) is 0 Å². The van der Waals surface area contributed by atoms with Crippen molar-refractivity contribution >= 4 is 32.5 Å². The number of carbonyl (C=O) groups excluding carboxylic acids is 2. The molecular weight excluding hydrogens is 304 g/mol. The summed E-state index contributed by atoms with van der Waals surface area (Å²) in [5.74, 6) is 0.381. The van der Waals surface area contributed by atoms with Gasteiger partial charge in [-0.05, 0) is 0 Å². The van der Waals surface area contributed by atoms with Crippen LogP contribution in [-0.2, 0) is 9.59 Å². The zero-order valence-corrected chi connectivity index (χ0v) is 11.7. The van der Waals surface area contributed by atoms with Gasteiger partial charge in [0, 0.05) is 0 Å². The predicted octanol–water partition coefficient (Wildman–Crippen LogP) is 2.46. The van der Waals surface area contributed by atoms with E-state index < -0.39 is 20.9 Å². The molecule has 0 spiro atoms. The van der Waals surface area contributed by atoms with Gasteiger partial charge >= 0.3 is 102 Å². The molecule has 0 fully saturated rings. The van der Waals surface area contributed by atoms with Gasteiger partial charge in [0.05, 0.1) is 0 Å². The summed E-state index contributed by atoms with van der Waals surface area (Å²) >= 11 is -0.436.